The first-order chi connectivity index (χ1) is 20.2. The van der Waals surface area contributed by atoms with Gasteiger partial charge in [-0.2, -0.15) is 10.5 Å². The molecule has 5 aromatic carbocycles. The molecule has 0 aliphatic carbocycles. The Balaban J connectivity index is 1.60. The van der Waals surface area contributed by atoms with E-state index >= 15 is 0 Å². The topological polar surface area (TPSA) is 99.4 Å². The van der Waals surface area contributed by atoms with Gasteiger partial charge in [0.2, 0.25) is 0 Å². The Labute approximate surface area is 235 Å². The van der Waals surface area contributed by atoms with Crippen LogP contribution < -0.4 is 0 Å². The summed E-state index contributed by atoms with van der Waals surface area (Å²) in [7, 11) is 0. The van der Waals surface area contributed by atoms with E-state index in [1.807, 2.05) is 97.1 Å². The van der Waals surface area contributed by atoms with Crippen molar-refractivity contribution in [3.63, 3.8) is 0 Å². The summed E-state index contributed by atoms with van der Waals surface area (Å²) in [5.74, 6) is 1.48. The highest BCUT2D eigenvalue weighted by atomic mass is 16.3. The second-order valence-electron chi connectivity index (χ2n) is 9.52. The van der Waals surface area contributed by atoms with Gasteiger partial charge < -0.3 is 4.42 Å². The second-order valence-corrected chi connectivity index (χ2v) is 9.52. The van der Waals surface area contributed by atoms with E-state index in [4.69, 9.17) is 19.4 Å². The first kappa shape index (κ1) is 24.0. The Kier molecular flexibility index (Phi) is 5.78. The molecule has 190 valence electrons. The number of fused-ring (bicyclic) bond motifs is 3. The summed E-state index contributed by atoms with van der Waals surface area (Å²) in [5.41, 5.74) is 5.94. The van der Waals surface area contributed by atoms with Gasteiger partial charge in [0.25, 0.3) is 0 Å². The third-order valence-corrected chi connectivity index (χ3v) is 6.97. The Bertz CT molecular complexity index is 2080. The molecule has 6 nitrogen and oxygen atoms in total. The minimum Gasteiger partial charge on any atom is -0.455 e. The minimum atomic E-state index is 0.389. The largest absolute Gasteiger partial charge is 0.455 e. The number of para-hydroxylation sites is 1. The van der Waals surface area contributed by atoms with Crippen LogP contribution in [0.2, 0.25) is 0 Å². The van der Waals surface area contributed by atoms with Gasteiger partial charge in [0.05, 0.1) is 28.8 Å². The van der Waals surface area contributed by atoms with E-state index in [1.54, 1.807) is 18.2 Å². The first-order valence-corrected chi connectivity index (χ1v) is 13.0. The number of nitriles is 2. The van der Waals surface area contributed by atoms with Gasteiger partial charge in [-0.3, -0.25) is 0 Å². The summed E-state index contributed by atoms with van der Waals surface area (Å²) in [6, 6.07) is 40.9. The van der Waals surface area contributed by atoms with Crippen LogP contribution in [-0.4, -0.2) is 15.0 Å². The lowest BCUT2D eigenvalue weighted by Crippen LogP contribution is -2.01. The number of aromatic nitrogens is 3. The van der Waals surface area contributed by atoms with E-state index in [0.717, 1.165) is 33.0 Å². The number of rotatable bonds is 4. The highest BCUT2D eigenvalue weighted by Crippen LogP contribution is 2.42. The number of furan rings is 1. The molecule has 0 aliphatic rings. The second kappa shape index (κ2) is 9.89. The third-order valence-electron chi connectivity index (χ3n) is 6.97. The summed E-state index contributed by atoms with van der Waals surface area (Å²) in [6.45, 7) is 0. The Hall–Kier alpha value is -6.11. The van der Waals surface area contributed by atoms with Gasteiger partial charge in [-0.05, 0) is 41.5 Å². The van der Waals surface area contributed by atoms with Crippen LogP contribution in [0.5, 0.6) is 0 Å². The first-order valence-electron chi connectivity index (χ1n) is 13.0. The van der Waals surface area contributed by atoms with Crippen LogP contribution in [0.1, 0.15) is 11.1 Å². The predicted molar refractivity (Wildman–Crippen MR) is 158 cm³/mol. The van der Waals surface area contributed by atoms with Crippen molar-refractivity contribution < 1.29 is 4.42 Å². The molecule has 41 heavy (non-hydrogen) atoms. The van der Waals surface area contributed by atoms with Gasteiger partial charge in [0.15, 0.2) is 17.5 Å². The van der Waals surface area contributed by atoms with Crippen molar-refractivity contribution in [1.82, 2.24) is 15.0 Å². The molecule has 0 amide bonds. The van der Waals surface area contributed by atoms with Gasteiger partial charge in [-0.15, -0.1) is 0 Å². The molecular formula is C35H19N5O. The van der Waals surface area contributed by atoms with Crippen LogP contribution >= 0.6 is 0 Å². The average molecular weight is 526 g/mol. The molecule has 2 heterocycles. The standard InChI is InChI=1S/C35H19N5O/c36-20-22-17-23(21-37)19-26(18-22)27-15-16-29-28-13-7-8-14-30(28)41-32(29)31(27)35-39-33(24-9-3-1-4-10-24)38-34(40-35)25-11-5-2-6-12-25/h1-19H. The highest BCUT2D eigenvalue weighted by molar-refractivity contribution is 6.12. The zero-order chi connectivity index (χ0) is 27.8. The summed E-state index contributed by atoms with van der Waals surface area (Å²) >= 11 is 0. The van der Waals surface area contributed by atoms with E-state index in [9.17, 15) is 10.5 Å². The van der Waals surface area contributed by atoms with Gasteiger partial charge >= 0.3 is 0 Å². The van der Waals surface area contributed by atoms with Crippen LogP contribution in [0.3, 0.4) is 0 Å². The molecule has 0 aliphatic heterocycles. The maximum Gasteiger partial charge on any atom is 0.168 e. The van der Waals surface area contributed by atoms with E-state index in [-0.39, 0.29) is 0 Å². The SMILES string of the molecule is N#Cc1cc(C#N)cc(-c2ccc3c(oc4ccccc43)c2-c2nc(-c3ccccc3)nc(-c3ccccc3)n2)c1. The van der Waals surface area contributed by atoms with Crippen LogP contribution in [0.4, 0.5) is 0 Å². The summed E-state index contributed by atoms with van der Waals surface area (Å²) in [6.07, 6.45) is 0. The lowest BCUT2D eigenvalue weighted by Gasteiger charge is -2.13. The lowest BCUT2D eigenvalue weighted by molar-refractivity contribution is 0.669. The normalized spacial score (nSPS) is 10.9. The average Bonchev–Trinajstić information content (AvgIpc) is 3.43. The molecule has 0 bridgehead atoms. The van der Waals surface area contributed by atoms with Gasteiger partial charge in [0.1, 0.15) is 11.2 Å². The molecule has 0 fully saturated rings. The van der Waals surface area contributed by atoms with E-state index in [1.165, 1.54) is 0 Å². The molecule has 2 aromatic heterocycles. The van der Waals surface area contributed by atoms with Gasteiger partial charge in [-0.25, -0.2) is 15.0 Å². The smallest absolute Gasteiger partial charge is 0.168 e. The van der Waals surface area contributed by atoms with Crippen molar-refractivity contribution in [2.45, 2.75) is 0 Å². The number of hydrogen-bond donors (Lipinski definition) is 0. The molecule has 7 rings (SSSR count). The van der Waals surface area contributed by atoms with Crippen LogP contribution in [-0.2, 0) is 0 Å². The number of nitrogens with zero attached hydrogens (tertiary/aromatic N) is 5. The zero-order valence-corrected chi connectivity index (χ0v) is 21.6. The van der Waals surface area contributed by atoms with Crippen molar-refractivity contribution in [2.24, 2.45) is 0 Å². The zero-order valence-electron chi connectivity index (χ0n) is 21.6. The van der Waals surface area contributed by atoms with Crippen molar-refractivity contribution in [1.29, 1.82) is 10.5 Å². The predicted octanol–water partition coefficient (Wildman–Crippen LogP) is 8.18. The van der Waals surface area contributed by atoms with Crippen molar-refractivity contribution in [3.8, 4) is 57.4 Å². The molecule has 0 saturated heterocycles. The molecule has 6 heteroatoms. The Morgan fingerprint density at radius 2 is 1.07 bits per heavy atom. The fraction of sp³-hybridized carbons (Fsp3) is 0. The molecule has 0 atom stereocenters. The fourth-order valence-electron chi connectivity index (χ4n) is 5.08. The lowest BCUT2D eigenvalue weighted by atomic mass is 9.94. The quantitative estimate of drug-likeness (QED) is 0.230. The molecule has 0 N–H and O–H groups in total. The monoisotopic (exact) mass is 525 g/mol. The molecule has 7 aromatic rings. The van der Waals surface area contributed by atoms with Crippen LogP contribution in [0, 0.1) is 22.7 Å². The van der Waals surface area contributed by atoms with Crippen molar-refractivity contribution in [3.05, 3.63) is 126 Å². The van der Waals surface area contributed by atoms with E-state index in [0.29, 0.717) is 45.3 Å². The van der Waals surface area contributed by atoms with Crippen molar-refractivity contribution >= 4 is 21.9 Å². The number of benzene rings is 5. The maximum atomic E-state index is 9.70. The summed E-state index contributed by atoms with van der Waals surface area (Å²) in [5, 5.41) is 21.3. The van der Waals surface area contributed by atoms with Crippen LogP contribution in [0.15, 0.2) is 120 Å². The Morgan fingerprint density at radius 1 is 0.512 bits per heavy atom. The van der Waals surface area contributed by atoms with Gasteiger partial charge in [-0.1, -0.05) is 84.9 Å². The highest BCUT2D eigenvalue weighted by Gasteiger charge is 2.22. The van der Waals surface area contributed by atoms with Crippen molar-refractivity contribution in [2.75, 3.05) is 0 Å². The third kappa shape index (κ3) is 4.27. The fourth-order valence-corrected chi connectivity index (χ4v) is 5.08. The van der Waals surface area contributed by atoms with E-state index < -0.39 is 0 Å². The molecular weight excluding hydrogens is 506 g/mol. The molecule has 0 unspecified atom stereocenters. The minimum absolute atomic E-state index is 0.389. The molecule has 0 radical (unpaired) electrons. The number of hydrogen-bond acceptors (Lipinski definition) is 6. The summed E-state index contributed by atoms with van der Waals surface area (Å²) in [4.78, 5) is 14.8. The molecule has 0 saturated carbocycles. The summed E-state index contributed by atoms with van der Waals surface area (Å²) < 4.78 is 6.47. The van der Waals surface area contributed by atoms with E-state index in [2.05, 4.69) is 12.1 Å². The van der Waals surface area contributed by atoms with Crippen LogP contribution in [0.25, 0.3) is 67.2 Å². The molecule has 0 spiro atoms. The van der Waals surface area contributed by atoms with Gasteiger partial charge in [0, 0.05) is 21.9 Å². The maximum absolute atomic E-state index is 9.70. The Morgan fingerprint density at radius 3 is 1.68 bits per heavy atom.